The van der Waals surface area contributed by atoms with Gasteiger partial charge in [-0.15, -0.1) is 0 Å². The van der Waals surface area contributed by atoms with Crippen LogP contribution in [0.4, 0.5) is 33.2 Å². The maximum atomic E-state index is 14.5. The highest BCUT2D eigenvalue weighted by atomic mass is 32.2. The summed E-state index contributed by atoms with van der Waals surface area (Å²) in [5.41, 5.74) is 1.47. The van der Waals surface area contributed by atoms with E-state index in [1.807, 2.05) is 13.8 Å². The number of benzene rings is 2. The normalized spacial score (nSPS) is 11.2. The van der Waals surface area contributed by atoms with Gasteiger partial charge in [0.1, 0.15) is 5.75 Å². The Morgan fingerprint density at radius 2 is 1.79 bits per heavy atom. The van der Waals surface area contributed by atoms with Crippen LogP contribution in [-0.2, 0) is 10.0 Å². The third-order valence-electron chi connectivity index (χ3n) is 4.58. The summed E-state index contributed by atoms with van der Waals surface area (Å²) < 4.78 is 45.5. The highest BCUT2D eigenvalue weighted by Gasteiger charge is 2.15. The second-order valence-corrected chi connectivity index (χ2v) is 9.74. The second kappa shape index (κ2) is 10.5. The minimum atomic E-state index is -3.55. The average molecular weight is 488 g/mol. The molecule has 0 aliphatic heterocycles. The summed E-state index contributed by atoms with van der Waals surface area (Å²) >= 11 is 0. The topological polar surface area (TPSA) is 122 Å². The van der Waals surface area contributed by atoms with Gasteiger partial charge in [0.15, 0.2) is 17.4 Å². The number of aromatic nitrogens is 2. The Labute approximate surface area is 197 Å². The quantitative estimate of drug-likeness (QED) is 0.352. The molecule has 2 aromatic carbocycles. The number of rotatable bonds is 10. The van der Waals surface area contributed by atoms with Crippen molar-refractivity contribution in [3.8, 4) is 5.75 Å². The average Bonchev–Trinajstić information content (AvgIpc) is 2.76. The van der Waals surface area contributed by atoms with Gasteiger partial charge in [0.25, 0.3) is 0 Å². The molecule has 0 atom stereocenters. The van der Waals surface area contributed by atoms with E-state index in [0.29, 0.717) is 29.1 Å². The zero-order valence-electron chi connectivity index (χ0n) is 19.2. The van der Waals surface area contributed by atoms with Crippen LogP contribution < -0.4 is 20.1 Å². The first-order valence-corrected chi connectivity index (χ1v) is 12.3. The van der Waals surface area contributed by atoms with E-state index in [0.717, 1.165) is 12.5 Å². The summed E-state index contributed by atoms with van der Waals surface area (Å²) in [5, 5.41) is 5.75. The Balaban J connectivity index is 1.90. The molecule has 0 spiro atoms. The fourth-order valence-corrected chi connectivity index (χ4v) is 3.69. The van der Waals surface area contributed by atoms with Gasteiger partial charge >= 0.3 is 0 Å². The molecule has 1 aromatic heterocycles. The maximum Gasteiger partial charge on any atom is 0.229 e. The van der Waals surface area contributed by atoms with E-state index in [4.69, 9.17) is 4.74 Å². The summed E-state index contributed by atoms with van der Waals surface area (Å²) in [6.45, 7) is 3.93. The lowest BCUT2D eigenvalue weighted by molar-refractivity contribution is 0.0968. The summed E-state index contributed by atoms with van der Waals surface area (Å²) in [4.78, 5) is 20.6. The van der Waals surface area contributed by atoms with Crippen LogP contribution in [-0.4, -0.2) is 37.5 Å². The number of hydrogen-bond donors (Lipinski definition) is 3. The molecule has 0 unspecified atom stereocenters. The van der Waals surface area contributed by atoms with E-state index < -0.39 is 15.8 Å². The summed E-state index contributed by atoms with van der Waals surface area (Å²) in [6.07, 6.45) is 2.39. The van der Waals surface area contributed by atoms with Gasteiger partial charge in [0.2, 0.25) is 16.0 Å². The molecule has 0 fully saturated rings. The molecule has 0 saturated heterocycles. The van der Waals surface area contributed by atoms with Crippen molar-refractivity contribution in [2.24, 2.45) is 5.92 Å². The Kier molecular flexibility index (Phi) is 7.67. The van der Waals surface area contributed by atoms with E-state index >= 15 is 0 Å². The molecular formula is C23H26FN5O4S. The lowest BCUT2D eigenvalue weighted by atomic mass is 10.0. The lowest BCUT2D eigenvalue weighted by Crippen LogP contribution is -2.11. The number of carbonyl (C=O) groups is 1. The van der Waals surface area contributed by atoms with Crippen molar-refractivity contribution in [2.75, 3.05) is 28.7 Å². The van der Waals surface area contributed by atoms with E-state index in [2.05, 4.69) is 25.3 Å². The second-order valence-electron chi connectivity index (χ2n) is 8.00. The van der Waals surface area contributed by atoms with Crippen molar-refractivity contribution in [3.63, 3.8) is 0 Å². The Hall–Kier alpha value is -3.73. The number of para-hydroxylation sites is 2. The zero-order valence-corrected chi connectivity index (χ0v) is 20.0. The number of nitrogens with zero attached hydrogens (tertiary/aromatic N) is 2. The van der Waals surface area contributed by atoms with Gasteiger partial charge in [-0.1, -0.05) is 26.0 Å². The molecule has 0 aliphatic rings. The van der Waals surface area contributed by atoms with Crippen molar-refractivity contribution in [1.82, 2.24) is 9.97 Å². The number of ether oxygens (including phenoxy) is 1. The number of hydrogen-bond acceptors (Lipinski definition) is 8. The molecular weight excluding hydrogens is 461 g/mol. The predicted molar refractivity (Wildman–Crippen MR) is 130 cm³/mol. The number of carbonyl (C=O) groups excluding carboxylic acids is 1. The van der Waals surface area contributed by atoms with Crippen molar-refractivity contribution in [2.45, 2.75) is 20.3 Å². The number of halogens is 1. The third-order valence-corrected chi connectivity index (χ3v) is 5.17. The smallest absolute Gasteiger partial charge is 0.229 e. The molecule has 3 rings (SSSR count). The zero-order chi connectivity index (χ0) is 24.9. The van der Waals surface area contributed by atoms with E-state index in [9.17, 15) is 17.6 Å². The van der Waals surface area contributed by atoms with Crippen LogP contribution >= 0.6 is 0 Å². The van der Waals surface area contributed by atoms with Crippen molar-refractivity contribution in [1.29, 1.82) is 0 Å². The highest BCUT2D eigenvalue weighted by molar-refractivity contribution is 7.92. The molecule has 0 aliphatic carbocycles. The molecule has 0 amide bonds. The molecule has 34 heavy (non-hydrogen) atoms. The van der Waals surface area contributed by atoms with Crippen molar-refractivity contribution >= 4 is 44.6 Å². The van der Waals surface area contributed by atoms with Gasteiger partial charge in [0, 0.05) is 12.0 Å². The highest BCUT2D eigenvalue weighted by Crippen LogP contribution is 2.30. The standard InChI is InChI=1S/C23H26FN5O4S/c1-14(2)11-20(30)15-9-10-21(33-3)19(12-15)27-23-25-13-16(24)22(28-23)26-17-7-5-6-8-18(17)29-34(4,31)32/h5-10,12-14,29H,11H2,1-4H3,(H2,25,26,27,28). The Bertz CT molecular complexity index is 1300. The van der Waals surface area contributed by atoms with Crippen LogP contribution in [0.1, 0.15) is 30.6 Å². The minimum Gasteiger partial charge on any atom is -0.495 e. The number of ketones is 1. The fourth-order valence-electron chi connectivity index (χ4n) is 3.11. The van der Waals surface area contributed by atoms with E-state index in [1.54, 1.807) is 36.4 Å². The Morgan fingerprint density at radius 3 is 2.44 bits per heavy atom. The van der Waals surface area contributed by atoms with Crippen molar-refractivity contribution in [3.05, 3.63) is 60.0 Å². The van der Waals surface area contributed by atoms with Crippen LogP contribution in [0.25, 0.3) is 0 Å². The summed E-state index contributed by atoms with van der Waals surface area (Å²) in [7, 11) is -2.06. The van der Waals surface area contributed by atoms with Gasteiger partial charge in [0.05, 0.1) is 36.6 Å². The van der Waals surface area contributed by atoms with Gasteiger partial charge in [-0.25, -0.2) is 17.8 Å². The van der Waals surface area contributed by atoms with E-state index in [-0.39, 0.29) is 29.2 Å². The van der Waals surface area contributed by atoms with Crippen LogP contribution in [0, 0.1) is 11.7 Å². The van der Waals surface area contributed by atoms with Crippen LogP contribution in [0.3, 0.4) is 0 Å². The van der Waals surface area contributed by atoms with Crippen LogP contribution in [0.2, 0.25) is 0 Å². The van der Waals surface area contributed by atoms with Gasteiger partial charge in [-0.05, 0) is 36.2 Å². The fraction of sp³-hybridized carbons (Fsp3) is 0.261. The molecule has 0 radical (unpaired) electrons. The first-order valence-electron chi connectivity index (χ1n) is 10.4. The molecule has 11 heteroatoms. The number of methoxy groups -OCH3 is 1. The number of nitrogens with one attached hydrogen (secondary N) is 3. The first-order chi connectivity index (χ1) is 16.1. The SMILES string of the molecule is COc1ccc(C(=O)CC(C)C)cc1Nc1ncc(F)c(Nc2ccccc2NS(C)(=O)=O)n1. The molecule has 3 N–H and O–H groups in total. The maximum absolute atomic E-state index is 14.5. The molecule has 0 bridgehead atoms. The van der Waals surface area contributed by atoms with E-state index in [1.165, 1.54) is 13.2 Å². The Morgan fingerprint density at radius 1 is 1.09 bits per heavy atom. The minimum absolute atomic E-state index is 0.0157. The molecule has 9 nitrogen and oxygen atoms in total. The van der Waals surface area contributed by atoms with Crippen LogP contribution in [0.5, 0.6) is 5.75 Å². The first kappa shape index (κ1) is 24.9. The molecule has 0 saturated carbocycles. The predicted octanol–water partition coefficient (Wildman–Crippen LogP) is 4.71. The lowest BCUT2D eigenvalue weighted by Gasteiger charge is -2.15. The van der Waals surface area contributed by atoms with Gasteiger partial charge in [-0.3, -0.25) is 9.52 Å². The molecule has 180 valence electrons. The summed E-state index contributed by atoms with van der Waals surface area (Å²) in [5.74, 6) is -0.229. The number of Topliss-reactive ketones (excluding diaryl/α,β-unsaturated/α-hetero) is 1. The van der Waals surface area contributed by atoms with Gasteiger partial charge in [-0.2, -0.15) is 4.98 Å². The van der Waals surface area contributed by atoms with Gasteiger partial charge < -0.3 is 15.4 Å². The molecule has 1 heterocycles. The summed E-state index contributed by atoms with van der Waals surface area (Å²) in [6, 6.07) is 11.4. The third kappa shape index (κ3) is 6.64. The largest absolute Gasteiger partial charge is 0.495 e. The number of sulfonamides is 1. The van der Waals surface area contributed by atoms with Crippen molar-refractivity contribution < 1.29 is 22.3 Å². The van der Waals surface area contributed by atoms with Crippen LogP contribution in [0.15, 0.2) is 48.7 Å². The molecule has 3 aromatic rings. The monoisotopic (exact) mass is 487 g/mol. The number of anilines is 5.